The van der Waals surface area contributed by atoms with Crippen molar-refractivity contribution in [3.63, 3.8) is 0 Å². The summed E-state index contributed by atoms with van der Waals surface area (Å²) in [6.45, 7) is -0.780. The van der Waals surface area contributed by atoms with E-state index in [1.807, 2.05) is 0 Å². The highest BCUT2D eigenvalue weighted by atomic mass is 16.5. The molecule has 1 aliphatic rings. The van der Waals surface area contributed by atoms with E-state index < -0.39 is 24.1 Å². The summed E-state index contributed by atoms with van der Waals surface area (Å²) in [7, 11) is 2.46. The lowest BCUT2D eigenvalue weighted by molar-refractivity contribution is -0.139. The minimum atomic E-state index is -1.29. The van der Waals surface area contributed by atoms with E-state index >= 15 is 0 Å². The Bertz CT molecular complexity index is 990. The molecule has 0 atom stereocenters. The lowest BCUT2D eigenvalue weighted by Crippen LogP contribution is -2.24. The van der Waals surface area contributed by atoms with Gasteiger partial charge in [0.25, 0.3) is 0 Å². The molecule has 0 heterocycles. The molecule has 0 radical (unpaired) electrons. The van der Waals surface area contributed by atoms with Gasteiger partial charge in [0.2, 0.25) is 0 Å². The molecule has 0 unspecified atom stereocenters. The molecule has 0 bridgehead atoms. The van der Waals surface area contributed by atoms with Gasteiger partial charge in [-0.3, -0.25) is 14.4 Å². The van der Waals surface area contributed by atoms with Gasteiger partial charge in [-0.1, -0.05) is 24.3 Å². The van der Waals surface area contributed by atoms with Crippen molar-refractivity contribution in [2.45, 2.75) is 0 Å². The van der Waals surface area contributed by atoms with Crippen LogP contribution in [0.4, 0.5) is 0 Å². The Morgan fingerprint density at radius 1 is 0.963 bits per heavy atom. The average molecular weight is 370 g/mol. The summed E-state index contributed by atoms with van der Waals surface area (Å²) in [5.74, 6) is -2.96. The SMILES string of the molecule is COc1c(C=O)c(OCC(=O)O)c(OC)c2c1C(=O)c1ccccc1C2=O. The van der Waals surface area contributed by atoms with Crippen molar-refractivity contribution < 1.29 is 38.5 Å². The second-order valence-electron chi connectivity index (χ2n) is 5.56. The number of carboxylic acids is 1. The number of ketones is 2. The largest absolute Gasteiger partial charge is 0.495 e. The van der Waals surface area contributed by atoms with Crippen molar-refractivity contribution in [3.8, 4) is 17.2 Å². The third-order valence-corrected chi connectivity index (χ3v) is 4.14. The molecule has 2 aromatic carbocycles. The van der Waals surface area contributed by atoms with Crippen LogP contribution in [0.2, 0.25) is 0 Å². The Balaban J connectivity index is 2.40. The third kappa shape index (κ3) is 2.71. The van der Waals surface area contributed by atoms with Gasteiger partial charge in [0.1, 0.15) is 11.3 Å². The number of ether oxygens (including phenoxy) is 3. The van der Waals surface area contributed by atoms with Gasteiger partial charge in [0.05, 0.1) is 25.3 Å². The highest BCUT2D eigenvalue weighted by molar-refractivity contribution is 6.31. The van der Waals surface area contributed by atoms with Crippen molar-refractivity contribution in [1.82, 2.24) is 0 Å². The Morgan fingerprint density at radius 3 is 1.93 bits per heavy atom. The van der Waals surface area contributed by atoms with E-state index in [1.54, 1.807) is 12.1 Å². The number of aldehydes is 1. The predicted molar refractivity (Wildman–Crippen MR) is 91.4 cm³/mol. The highest BCUT2D eigenvalue weighted by Gasteiger charge is 2.39. The van der Waals surface area contributed by atoms with Crippen LogP contribution in [-0.4, -0.2) is 49.8 Å². The van der Waals surface area contributed by atoms with Crippen LogP contribution in [0.1, 0.15) is 42.2 Å². The summed E-state index contributed by atoms with van der Waals surface area (Å²) in [5.41, 5.74) is -0.133. The number of rotatable bonds is 6. The molecule has 2 aromatic rings. The Hall–Kier alpha value is -3.68. The summed E-state index contributed by atoms with van der Waals surface area (Å²) in [4.78, 5) is 48.6. The van der Waals surface area contributed by atoms with E-state index in [0.29, 0.717) is 6.29 Å². The number of carbonyl (C=O) groups excluding carboxylic acids is 3. The van der Waals surface area contributed by atoms with Crippen LogP contribution in [0.25, 0.3) is 0 Å². The summed E-state index contributed by atoms with van der Waals surface area (Å²) < 4.78 is 15.7. The van der Waals surface area contributed by atoms with Gasteiger partial charge >= 0.3 is 5.97 Å². The quantitative estimate of drug-likeness (QED) is 0.653. The maximum absolute atomic E-state index is 13.0. The molecule has 8 heteroatoms. The number of carbonyl (C=O) groups is 4. The maximum atomic E-state index is 13.0. The number of hydrogen-bond donors (Lipinski definition) is 1. The van der Waals surface area contributed by atoms with E-state index in [-0.39, 0.29) is 45.1 Å². The molecule has 0 fully saturated rings. The predicted octanol–water partition coefficient (Wildman–Crippen LogP) is 1.76. The Kier molecular flexibility index (Phi) is 4.64. The summed E-state index contributed by atoms with van der Waals surface area (Å²) in [5, 5.41) is 8.88. The number of methoxy groups -OCH3 is 2. The molecule has 3 rings (SSSR count). The fourth-order valence-electron chi connectivity index (χ4n) is 3.07. The number of benzene rings is 2. The third-order valence-electron chi connectivity index (χ3n) is 4.14. The average Bonchev–Trinajstić information content (AvgIpc) is 2.68. The molecular weight excluding hydrogens is 356 g/mol. The molecule has 0 aliphatic heterocycles. The van der Waals surface area contributed by atoms with Gasteiger partial charge in [-0.05, 0) is 0 Å². The maximum Gasteiger partial charge on any atom is 0.341 e. The number of fused-ring (bicyclic) bond motifs is 2. The van der Waals surface area contributed by atoms with Crippen molar-refractivity contribution >= 4 is 23.8 Å². The second-order valence-corrected chi connectivity index (χ2v) is 5.56. The first-order valence-corrected chi connectivity index (χ1v) is 7.76. The molecule has 1 aliphatic carbocycles. The Morgan fingerprint density at radius 2 is 1.48 bits per heavy atom. The first-order chi connectivity index (χ1) is 13.0. The zero-order valence-corrected chi connectivity index (χ0v) is 14.4. The van der Waals surface area contributed by atoms with E-state index in [4.69, 9.17) is 19.3 Å². The van der Waals surface area contributed by atoms with Crippen LogP contribution in [-0.2, 0) is 4.79 Å². The van der Waals surface area contributed by atoms with Crippen molar-refractivity contribution in [3.05, 3.63) is 52.1 Å². The summed E-state index contributed by atoms with van der Waals surface area (Å²) >= 11 is 0. The van der Waals surface area contributed by atoms with Gasteiger partial charge in [0, 0.05) is 11.1 Å². The van der Waals surface area contributed by atoms with E-state index in [1.165, 1.54) is 26.4 Å². The van der Waals surface area contributed by atoms with Crippen LogP contribution >= 0.6 is 0 Å². The Labute approximate surface area is 153 Å². The monoisotopic (exact) mass is 370 g/mol. The van der Waals surface area contributed by atoms with Gasteiger partial charge in [0.15, 0.2) is 36.0 Å². The number of carboxylic acid groups (broad SMARTS) is 1. The summed E-state index contributed by atoms with van der Waals surface area (Å²) in [6.07, 6.45) is 0.358. The highest BCUT2D eigenvalue weighted by Crippen LogP contribution is 2.47. The minimum absolute atomic E-state index is 0.122. The topological polar surface area (TPSA) is 116 Å². The van der Waals surface area contributed by atoms with Crippen LogP contribution in [0.15, 0.2) is 24.3 Å². The van der Waals surface area contributed by atoms with Gasteiger partial charge in [-0.2, -0.15) is 0 Å². The molecule has 8 nitrogen and oxygen atoms in total. The number of hydrogen-bond acceptors (Lipinski definition) is 7. The van der Waals surface area contributed by atoms with Gasteiger partial charge in [-0.25, -0.2) is 4.79 Å². The zero-order chi connectivity index (χ0) is 19.7. The fourth-order valence-corrected chi connectivity index (χ4v) is 3.07. The summed E-state index contributed by atoms with van der Waals surface area (Å²) in [6, 6.07) is 6.22. The van der Waals surface area contributed by atoms with Crippen molar-refractivity contribution in [2.75, 3.05) is 20.8 Å². The normalized spacial score (nSPS) is 12.1. The molecule has 0 aromatic heterocycles. The molecule has 0 amide bonds. The number of aliphatic carboxylic acids is 1. The first kappa shape index (κ1) is 18.1. The molecule has 0 spiro atoms. The van der Waals surface area contributed by atoms with Crippen LogP contribution in [0.5, 0.6) is 17.2 Å². The molecule has 138 valence electrons. The van der Waals surface area contributed by atoms with Crippen LogP contribution in [0, 0.1) is 0 Å². The van der Waals surface area contributed by atoms with E-state index in [9.17, 15) is 19.2 Å². The standard InChI is InChI=1S/C19H14O8/c1-25-17-11(7-20)18(27-8-12(21)22)19(26-2)14-13(17)15(23)9-5-3-4-6-10(9)16(14)24/h3-7H,8H2,1-2H3,(H,21,22). The fraction of sp³-hybridized carbons (Fsp3) is 0.158. The molecule has 0 saturated carbocycles. The first-order valence-electron chi connectivity index (χ1n) is 7.76. The minimum Gasteiger partial charge on any atom is -0.495 e. The van der Waals surface area contributed by atoms with Crippen LogP contribution in [0.3, 0.4) is 0 Å². The molecule has 27 heavy (non-hydrogen) atoms. The van der Waals surface area contributed by atoms with Crippen LogP contribution < -0.4 is 14.2 Å². The van der Waals surface area contributed by atoms with E-state index in [0.717, 1.165) is 0 Å². The molecule has 1 N–H and O–H groups in total. The second kappa shape index (κ2) is 6.91. The smallest absolute Gasteiger partial charge is 0.341 e. The molecular formula is C19H14O8. The van der Waals surface area contributed by atoms with E-state index in [2.05, 4.69) is 0 Å². The zero-order valence-electron chi connectivity index (χ0n) is 14.4. The lowest BCUT2D eigenvalue weighted by Gasteiger charge is -2.25. The molecule has 0 saturated heterocycles. The van der Waals surface area contributed by atoms with Gasteiger partial charge in [-0.15, -0.1) is 0 Å². The lowest BCUT2D eigenvalue weighted by atomic mass is 9.81. The van der Waals surface area contributed by atoms with Crippen molar-refractivity contribution in [2.24, 2.45) is 0 Å². The van der Waals surface area contributed by atoms with Gasteiger partial charge < -0.3 is 19.3 Å². The van der Waals surface area contributed by atoms with Crippen molar-refractivity contribution in [1.29, 1.82) is 0 Å².